The molecule has 2 aliphatic rings. The number of imidazole rings is 1. The second kappa shape index (κ2) is 8.05. The van der Waals surface area contributed by atoms with E-state index >= 15 is 0 Å². The lowest BCUT2D eigenvalue weighted by Gasteiger charge is -2.44. The molecule has 0 bridgehead atoms. The van der Waals surface area contributed by atoms with Gasteiger partial charge in [-0.2, -0.15) is 0 Å². The van der Waals surface area contributed by atoms with E-state index in [-0.39, 0.29) is 5.91 Å². The second-order valence-electron chi connectivity index (χ2n) is 7.51. The van der Waals surface area contributed by atoms with Crippen molar-refractivity contribution in [2.24, 2.45) is 5.92 Å². The Morgan fingerprint density at radius 1 is 1.31 bits per heavy atom. The molecular formula is C19H26BrN5O. The van der Waals surface area contributed by atoms with Gasteiger partial charge in [0.05, 0.1) is 5.52 Å². The van der Waals surface area contributed by atoms with Crippen molar-refractivity contribution in [2.45, 2.75) is 51.0 Å². The van der Waals surface area contributed by atoms with Gasteiger partial charge in [0.2, 0.25) is 5.91 Å². The van der Waals surface area contributed by atoms with Gasteiger partial charge in [0.1, 0.15) is 5.82 Å². The fourth-order valence-corrected chi connectivity index (χ4v) is 4.75. The van der Waals surface area contributed by atoms with Gasteiger partial charge in [-0.1, -0.05) is 6.42 Å². The summed E-state index contributed by atoms with van der Waals surface area (Å²) in [6, 6.07) is 2.63. The average molecular weight is 420 g/mol. The maximum atomic E-state index is 12.3. The van der Waals surface area contributed by atoms with Gasteiger partial charge >= 0.3 is 0 Å². The smallest absolute Gasteiger partial charge is 0.220 e. The number of aromatic amines is 1. The molecule has 2 aliphatic heterocycles. The minimum Gasteiger partial charge on any atom is -0.356 e. The van der Waals surface area contributed by atoms with Gasteiger partial charge in [-0.3, -0.25) is 4.79 Å². The standard InChI is InChI=1S/C19H26BrN5O/c20-14-10-15-19(22-12-14)24-17(23-15)6-7-18(26)21-11-13-4-3-9-25-8-2-1-5-16(13)25/h10,12-13,16H,1-9,11H2,(H,21,26)(H,22,23,24)/t13-,16-/m1/s1. The van der Waals surface area contributed by atoms with Gasteiger partial charge in [0, 0.05) is 36.1 Å². The molecule has 0 saturated carbocycles. The third-order valence-electron chi connectivity index (χ3n) is 5.73. The van der Waals surface area contributed by atoms with Crippen LogP contribution in [0.15, 0.2) is 16.7 Å². The van der Waals surface area contributed by atoms with Crippen LogP contribution < -0.4 is 5.32 Å². The van der Waals surface area contributed by atoms with Crippen molar-refractivity contribution in [1.29, 1.82) is 0 Å². The Morgan fingerprint density at radius 2 is 2.19 bits per heavy atom. The van der Waals surface area contributed by atoms with Crippen molar-refractivity contribution >= 4 is 33.0 Å². The third kappa shape index (κ3) is 4.09. The number of carbonyl (C=O) groups is 1. The van der Waals surface area contributed by atoms with Crippen LogP contribution in [0.2, 0.25) is 0 Å². The molecular weight excluding hydrogens is 394 g/mol. The summed E-state index contributed by atoms with van der Waals surface area (Å²) in [7, 11) is 0. The Kier molecular flexibility index (Phi) is 5.55. The molecule has 2 aromatic heterocycles. The first kappa shape index (κ1) is 17.9. The molecule has 2 N–H and O–H groups in total. The quantitative estimate of drug-likeness (QED) is 0.780. The molecule has 0 aromatic carbocycles. The van der Waals surface area contributed by atoms with Crippen LogP contribution in [-0.2, 0) is 11.2 Å². The highest BCUT2D eigenvalue weighted by Crippen LogP contribution is 2.30. The number of aromatic nitrogens is 3. The summed E-state index contributed by atoms with van der Waals surface area (Å²) in [5.41, 5.74) is 1.59. The first-order chi connectivity index (χ1) is 12.7. The van der Waals surface area contributed by atoms with Crippen LogP contribution in [-0.4, -0.2) is 51.4 Å². The minimum atomic E-state index is 0.118. The molecule has 0 unspecified atom stereocenters. The number of hydrogen-bond donors (Lipinski definition) is 2. The summed E-state index contributed by atoms with van der Waals surface area (Å²) in [4.78, 5) is 26.9. The summed E-state index contributed by atoms with van der Waals surface area (Å²) in [5.74, 6) is 1.55. The van der Waals surface area contributed by atoms with E-state index < -0.39 is 0 Å². The number of fused-ring (bicyclic) bond motifs is 2. The van der Waals surface area contributed by atoms with E-state index in [9.17, 15) is 4.79 Å². The highest BCUT2D eigenvalue weighted by Gasteiger charge is 2.32. The maximum Gasteiger partial charge on any atom is 0.220 e. The molecule has 26 heavy (non-hydrogen) atoms. The molecule has 0 spiro atoms. The lowest BCUT2D eigenvalue weighted by atomic mass is 9.83. The summed E-state index contributed by atoms with van der Waals surface area (Å²) in [6.45, 7) is 3.30. The lowest BCUT2D eigenvalue weighted by Crippen LogP contribution is -2.51. The topological polar surface area (TPSA) is 73.9 Å². The van der Waals surface area contributed by atoms with Crippen molar-refractivity contribution in [3.8, 4) is 0 Å². The van der Waals surface area contributed by atoms with Crippen molar-refractivity contribution in [3.05, 3.63) is 22.6 Å². The molecule has 2 saturated heterocycles. The number of nitrogens with one attached hydrogen (secondary N) is 2. The lowest BCUT2D eigenvalue weighted by molar-refractivity contribution is -0.121. The molecule has 0 radical (unpaired) electrons. The van der Waals surface area contributed by atoms with Crippen molar-refractivity contribution in [3.63, 3.8) is 0 Å². The van der Waals surface area contributed by atoms with E-state index in [4.69, 9.17) is 0 Å². The summed E-state index contributed by atoms with van der Waals surface area (Å²) in [5, 5.41) is 3.17. The fourth-order valence-electron chi connectivity index (χ4n) is 4.42. The number of H-pyrrole nitrogens is 1. The van der Waals surface area contributed by atoms with Crippen LogP contribution >= 0.6 is 15.9 Å². The van der Waals surface area contributed by atoms with Crippen LogP contribution in [0.4, 0.5) is 0 Å². The predicted octanol–water partition coefficient (Wildman–Crippen LogP) is 3.03. The highest BCUT2D eigenvalue weighted by atomic mass is 79.9. The number of carbonyl (C=O) groups excluding carboxylic acids is 1. The number of rotatable bonds is 5. The van der Waals surface area contributed by atoms with Crippen LogP contribution in [0.5, 0.6) is 0 Å². The van der Waals surface area contributed by atoms with Gasteiger partial charge in [0.25, 0.3) is 0 Å². The SMILES string of the molecule is O=C(CCc1nc2ncc(Br)cc2[nH]1)NC[C@H]1CCCN2CCCC[C@H]12. The third-order valence-corrected chi connectivity index (χ3v) is 6.17. The largest absolute Gasteiger partial charge is 0.356 e. The molecule has 6 nitrogen and oxygen atoms in total. The van der Waals surface area contributed by atoms with Gasteiger partial charge in [-0.05, 0) is 66.7 Å². The monoisotopic (exact) mass is 419 g/mol. The molecule has 2 aromatic rings. The van der Waals surface area contributed by atoms with E-state index in [0.717, 1.165) is 22.4 Å². The average Bonchev–Trinajstić information content (AvgIpc) is 3.06. The number of piperidine rings is 2. The zero-order valence-electron chi connectivity index (χ0n) is 15.0. The van der Waals surface area contributed by atoms with E-state index in [2.05, 4.69) is 41.1 Å². The van der Waals surface area contributed by atoms with E-state index in [1.807, 2.05) is 6.07 Å². The van der Waals surface area contributed by atoms with Gasteiger partial charge in [0.15, 0.2) is 5.65 Å². The van der Waals surface area contributed by atoms with Crippen LogP contribution in [0.1, 0.15) is 44.3 Å². The Morgan fingerprint density at radius 3 is 3.12 bits per heavy atom. The first-order valence-electron chi connectivity index (χ1n) is 9.70. The summed E-state index contributed by atoms with van der Waals surface area (Å²) in [6.07, 6.45) is 9.27. The first-order valence-corrected chi connectivity index (χ1v) is 10.5. The predicted molar refractivity (Wildman–Crippen MR) is 105 cm³/mol. The molecule has 0 aliphatic carbocycles. The number of pyridine rings is 1. The number of amides is 1. The van der Waals surface area contributed by atoms with Gasteiger partial charge in [-0.15, -0.1) is 0 Å². The number of nitrogens with zero attached hydrogens (tertiary/aromatic N) is 3. The van der Waals surface area contributed by atoms with Gasteiger partial charge in [-0.25, -0.2) is 9.97 Å². The Balaban J connectivity index is 1.27. The minimum absolute atomic E-state index is 0.118. The highest BCUT2D eigenvalue weighted by molar-refractivity contribution is 9.10. The molecule has 4 rings (SSSR count). The second-order valence-corrected chi connectivity index (χ2v) is 8.43. The molecule has 7 heteroatoms. The zero-order valence-corrected chi connectivity index (χ0v) is 16.6. The Labute approximate surface area is 162 Å². The van der Waals surface area contributed by atoms with Crippen LogP contribution in [0.3, 0.4) is 0 Å². The Bertz CT molecular complexity index is 774. The number of aryl methyl sites for hydroxylation is 1. The van der Waals surface area contributed by atoms with Crippen molar-refractivity contribution in [1.82, 2.24) is 25.2 Å². The van der Waals surface area contributed by atoms with Crippen LogP contribution in [0.25, 0.3) is 11.2 Å². The molecule has 4 heterocycles. The molecule has 140 valence electrons. The summed E-state index contributed by atoms with van der Waals surface area (Å²) >= 11 is 3.41. The molecule has 2 fully saturated rings. The molecule has 1 amide bonds. The van der Waals surface area contributed by atoms with Gasteiger partial charge < -0.3 is 15.2 Å². The number of halogens is 1. The zero-order chi connectivity index (χ0) is 17.9. The Hall–Kier alpha value is -1.47. The number of hydrogen-bond acceptors (Lipinski definition) is 4. The van der Waals surface area contributed by atoms with Crippen LogP contribution in [0, 0.1) is 5.92 Å². The summed E-state index contributed by atoms with van der Waals surface area (Å²) < 4.78 is 0.919. The normalized spacial score (nSPS) is 23.7. The molecule has 2 atom stereocenters. The van der Waals surface area contributed by atoms with E-state index in [1.54, 1.807) is 6.20 Å². The van der Waals surface area contributed by atoms with E-state index in [0.29, 0.717) is 30.4 Å². The van der Waals surface area contributed by atoms with Crippen molar-refractivity contribution in [2.75, 3.05) is 19.6 Å². The maximum absolute atomic E-state index is 12.3. The fraction of sp³-hybridized carbons (Fsp3) is 0.632. The van der Waals surface area contributed by atoms with Crippen molar-refractivity contribution < 1.29 is 4.79 Å². The van der Waals surface area contributed by atoms with E-state index in [1.165, 1.54) is 45.2 Å².